The lowest BCUT2D eigenvalue weighted by Gasteiger charge is -2.08. The minimum Gasteiger partial charge on any atom is -0.494 e. The van der Waals surface area contributed by atoms with Crippen molar-refractivity contribution in [2.75, 3.05) is 13.7 Å². The van der Waals surface area contributed by atoms with Gasteiger partial charge in [-0.25, -0.2) is 4.39 Å². The SMILES string of the molecule is CCCCCCCCNCc1cccc(OC)c1F. The molecule has 0 aromatic heterocycles. The summed E-state index contributed by atoms with van der Waals surface area (Å²) in [5, 5.41) is 3.29. The molecule has 0 fully saturated rings. The van der Waals surface area contributed by atoms with Crippen LogP contribution in [-0.4, -0.2) is 13.7 Å². The quantitative estimate of drug-likeness (QED) is 0.639. The Hall–Kier alpha value is -1.09. The molecule has 0 aliphatic rings. The van der Waals surface area contributed by atoms with Gasteiger partial charge < -0.3 is 10.1 Å². The van der Waals surface area contributed by atoms with Gasteiger partial charge in [0.1, 0.15) is 0 Å². The third kappa shape index (κ3) is 6.06. The van der Waals surface area contributed by atoms with Crippen molar-refractivity contribution in [3.8, 4) is 5.75 Å². The van der Waals surface area contributed by atoms with Gasteiger partial charge in [-0.2, -0.15) is 0 Å². The van der Waals surface area contributed by atoms with Crippen LogP contribution in [0.1, 0.15) is 51.0 Å². The van der Waals surface area contributed by atoms with Gasteiger partial charge in [0, 0.05) is 12.1 Å². The molecule has 0 unspecified atom stereocenters. The van der Waals surface area contributed by atoms with Gasteiger partial charge in [-0.15, -0.1) is 0 Å². The smallest absolute Gasteiger partial charge is 0.169 e. The monoisotopic (exact) mass is 267 g/mol. The fourth-order valence-electron chi connectivity index (χ4n) is 2.10. The Morgan fingerprint density at radius 2 is 1.84 bits per heavy atom. The summed E-state index contributed by atoms with van der Waals surface area (Å²) >= 11 is 0. The van der Waals surface area contributed by atoms with Crippen LogP contribution in [0.25, 0.3) is 0 Å². The second-order valence-electron chi connectivity index (χ2n) is 4.88. The lowest BCUT2D eigenvalue weighted by molar-refractivity contribution is 0.383. The molecule has 2 nitrogen and oxygen atoms in total. The van der Waals surface area contributed by atoms with E-state index in [-0.39, 0.29) is 5.82 Å². The maximum Gasteiger partial charge on any atom is 0.169 e. The average Bonchev–Trinajstić information content (AvgIpc) is 2.43. The lowest BCUT2D eigenvalue weighted by atomic mass is 10.1. The zero-order chi connectivity index (χ0) is 13.9. The molecule has 0 radical (unpaired) electrons. The molecule has 3 heteroatoms. The van der Waals surface area contributed by atoms with Gasteiger partial charge in [0.05, 0.1) is 7.11 Å². The number of hydrogen-bond acceptors (Lipinski definition) is 2. The van der Waals surface area contributed by atoms with Crippen LogP contribution in [0.5, 0.6) is 5.75 Å². The normalized spacial score (nSPS) is 10.7. The number of methoxy groups -OCH3 is 1. The van der Waals surface area contributed by atoms with E-state index in [2.05, 4.69) is 12.2 Å². The van der Waals surface area contributed by atoms with Crippen molar-refractivity contribution in [1.82, 2.24) is 5.32 Å². The Kier molecular flexibility index (Phi) is 8.23. The van der Waals surface area contributed by atoms with Gasteiger partial charge in [0.2, 0.25) is 0 Å². The van der Waals surface area contributed by atoms with E-state index in [0.29, 0.717) is 17.9 Å². The highest BCUT2D eigenvalue weighted by Crippen LogP contribution is 2.19. The van der Waals surface area contributed by atoms with E-state index >= 15 is 0 Å². The van der Waals surface area contributed by atoms with Crippen LogP contribution in [0.4, 0.5) is 4.39 Å². The highest BCUT2D eigenvalue weighted by molar-refractivity contribution is 5.30. The van der Waals surface area contributed by atoms with Crippen LogP contribution in [0.3, 0.4) is 0 Å². The maximum absolute atomic E-state index is 13.8. The van der Waals surface area contributed by atoms with Crippen molar-refractivity contribution >= 4 is 0 Å². The average molecular weight is 267 g/mol. The van der Waals surface area contributed by atoms with Crippen molar-refractivity contribution in [2.45, 2.75) is 52.0 Å². The zero-order valence-corrected chi connectivity index (χ0v) is 12.2. The number of hydrogen-bond donors (Lipinski definition) is 1. The molecule has 1 aromatic rings. The zero-order valence-electron chi connectivity index (χ0n) is 12.2. The minimum absolute atomic E-state index is 0.250. The first kappa shape index (κ1) is 16.0. The summed E-state index contributed by atoms with van der Waals surface area (Å²) in [5.41, 5.74) is 0.672. The van der Waals surface area contributed by atoms with Gasteiger partial charge in [0.25, 0.3) is 0 Å². The van der Waals surface area contributed by atoms with Crippen LogP contribution in [0, 0.1) is 5.82 Å². The standard InChI is InChI=1S/C16H26FNO/c1-3-4-5-6-7-8-12-18-13-14-10-9-11-15(19-2)16(14)17/h9-11,18H,3-8,12-13H2,1-2H3. The fourth-order valence-corrected chi connectivity index (χ4v) is 2.10. The molecule has 1 N–H and O–H groups in total. The third-order valence-electron chi connectivity index (χ3n) is 3.29. The second kappa shape index (κ2) is 9.79. The molecule has 19 heavy (non-hydrogen) atoms. The molecule has 0 atom stereocenters. The van der Waals surface area contributed by atoms with Crippen LogP contribution in [0.15, 0.2) is 18.2 Å². The van der Waals surface area contributed by atoms with Gasteiger partial charge >= 0.3 is 0 Å². The minimum atomic E-state index is -0.250. The van der Waals surface area contributed by atoms with Crippen LogP contribution >= 0.6 is 0 Å². The summed E-state index contributed by atoms with van der Waals surface area (Å²) in [6.07, 6.45) is 7.68. The largest absolute Gasteiger partial charge is 0.494 e. The molecule has 1 aromatic carbocycles. The Morgan fingerprint density at radius 3 is 2.58 bits per heavy atom. The number of benzene rings is 1. The number of rotatable bonds is 10. The highest BCUT2D eigenvalue weighted by atomic mass is 19.1. The molecule has 0 aliphatic heterocycles. The summed E-state index contributed by atoms with van der Waals surface area (Å²) < 4.78 is 18.8. The summed E-state index contributed by atoms with van der Waals surface area (Å²) in [4.78, 5) is 0. The predicted molar refractivity (Wildman–Crippen MR) is 78.0 cm³/mol. The molecule has 0 aliphatic carbocycles. The molecule has 0 saturated carbocycles. The summed E-state index contributed by atoms with van der Waals surface area (Å²) in [5.74, 6) is 0.0688. The van der Waals surface area contributed by atoms with Crippen molar-refractivity contribution < 1.29 is 9.13 Å². The van der Waals surface area contributed by atoms with Gasteiger partial charge in [-0.1, -0.05) is 51.2 Å². The first-order valence-electron chi connectivity index (χ1n) is 7.31. The topological polar surface area (TPSA) is 21.3 Å². The van der Waals surface area contributed by atoms with E-state index < -0.39 is 0 Å². The fraction of sp³-hybridized carbons (Fsp3) is 0.625. The first-order valence-corrected chi connectivity index (χ1v) is 7.31. The maximum atomic E-state index is 13.8. The van der Waals surface area contributed by atoms with E-state index in [0.717, 1.165) is 13.0 Å². The number of unbranched alkanes of at least 4 members (excludes halogenated alkanes) is 5. The molecule has 0 amide bonds. The Balaban J connectivity index is 2.16. The predicted octanol–water partition coefficient (Wildman–Crippen LogP) is 4.28. The van der Waals surface area contributed by atoms with E-state index in [1.54, 1.807) is 12.1 Å². The summed E-state index contributed by atoms with van der Waals surface area (Å²) in [6.45, 7) is 3.74. The molecule has 1 rings (SSSR count). The molecule has 0 bridgehead atoms. The first-order chi connectivity index (χ1) is 9.29. The van der Waals surface area contributed by atoms with E-state index in [4.69, 9.17) is 4.74 Å². The Labute approximate surface area is 116 Å². The van der Waals surface area contributed by atoms with Crippen molar-refractivity contribution in [2.24, 2.45) is 0 Å². The van der Waals surface area contributed by atoms with Crippen LogP contribution < -0.4 is 10.1 Å². The molecular formula is C16H26FNO. The number of nitrogens with one attached hydrogen (secondary N) is 1. The molecule has 0 heterocycles. The van der Waals surface area contributed by atoms with Gasteiger partial charge in [0.15, 0.2) is 11.6 Å². The van der Waals surface area contributed by atoms with Crippen molar-refractivity contribution in [3.05, 3.63) is 29.6 Å². The van der Waals surface area contributed by atoms with Crippen LogP contribution in [-0.2, 0) is 6.54 Å². The summed E-state index contributed by atoms with van der Waals surface area (Å²) in [7, 11) is 1.49. The van der Waals surface area contributed by atoms with Crippen molar-refractivity contribution in [1.29, 1.82) is 0 Å². The van der Waals surface area contributed by atoms with Crippen LogP contribution in [0.2, 0.25) is 0 Å². The molecule has 108 valence electrons. The van der Waals surface area contributed by atoms with Crippen molar-refractivity contribution in [3.63, 3.8) is 0 Å². The van der Waals surface area contributed by atoms with E-state index in [1.807, 2.05) is 6.07 Å². The highest BCUT2D eigenvalue weighted by Gasteiger charge is 2.07. The van der Waals surface area contributed by atoms with Gasteiger partial charge in [-0.3, -0.25) is 0 Å². The Morgan fingerprint density at radius 1 is 1.11 bits per heavy atom. The van der Waals surface area contributed by atoms with E-state index in [9.17, 15) is 4.39 Å². The second-order valence-corrected chi connectivity index (χ2v) is 4.88. The Bertz CT molecular complexity index is 355. The van der Waals surface area contributed by atoms with E-state index in [1.165, 1.54) is 39.2 Å². The lowest BCUT2D eigenvalue weighted by Crippen LogP contribution is -2.15. The molecular weight excluding hydrogens is 241 g/mol. The number of ether oxygens (including phenoxy) is 1. The summed E-state index contributed by atoms with van der Waals surface area (Å²) in [6, 6.07) is 5.27. The number of halogens is 1. The van der Waals surface area contributed by atoms with Gasteiger partial charge in [-0.05, 0) is 19.0 Å². The third-order valence-corrected chi connectivity index (χ3v) is 3.29. The molecule has 0 spiro atoms. The molecule has 0 saturated heterocycles.